The van der Waals surface area contributed by atoms with Gasteiger partial charge < -0.3 is 15.1 Å². The molecular weight excluding hydrogens is 408 g/mol. The Morgan fingerprint density at radius 3 is 2.50 bits per heavy atom. The van der Waals surface area contributed by atoms with Gasteiger partial charge in [0.15, 0.2) is 0 Å². The van der Waals surface area contributed by atoms with Crippen molar-refractivity contribution in [2.45, 2.75) is 56.2 Å². The molecule has 3 atom stereocenters. The third kappa shape index (κ3) is 3.63. The maximum Gasteiger partial charge on any atom is 0.326 e. The van der Waals surface area contributed by atoms with Crippen LogP contribution in [0.25, 0.3) is 0 Å². The molecule has 0 aliphatic carbocycles. The Kier molecular flexibility index (Phi) is 5.73. The second kappa shape index (κ2) is 7.62. The molecule has 3 rings (SSSR count). The van der Waals surface area contributed by atoms with Crippen LogP contribution in [0, 0.1) is 13.8 Å². The predicted octanol–water partition coefficient (Wildman–Crippen LogP) is 1.16. The van der Waals surface area contributed by atoms with Crippen LogP contribution in [0.4, 0.5) is 0 Å². The number of benzene rings is 1. The third-order valence-electron chi connectivity index (χ3n) is 5.38. The molecule has 2 heterocycles. The van der Waals surface area contributed by atoms with Crippen LogP contribution in [0.3, 0.4) is 0 Å². The summed E-state index contributed by atoms with van der Waals surface area (Å²) >= 11 is 6.07. The molecule has 1 amide bonds. The highest BCUT2D eigenvalue weighted by atomic mass is 35.5. The molecule has 1 aromatic carbocycles. The second-order valence-electron chi connectivity index (χ2n) is 7.37. The first-order chi connectivity index (χ1) is 13.0. The number of amides is 1. The zero-order chi connectivity index (χ0) is 20.8. The Balaban J connectivity index is 1.93. The highest BCUT2D eigenvalue weighted by molar-refractivity contribution is 7.89. The Labute approximate surface area is 168 Å². The van der Waals surface area contributed by atoms with Crippen molar-refractivity contribution in [2.24, 2.45) is 0 Å². The van der Waals surface area contributed by atoms with Gasteiger partial charge in [0.05, 0.1) is 11.0 Å². The molecule has 0 bridgehead atoms. The summed E-state index contributed by atoms with van der Waals surface area (Å²) in [6.45, 7) is 3.41. The number of carboxylic acids is 1. The minimum absolute atomic E-state index is 0.0595. The van der Waals surface area contributed by atoms with Gasteiger partial charge in [0.1, 0.15) is 12.1 Å². The van der Waals surface area contributed by atoms with Gasteiger partial charge in [-0.25, -0.2) is 13.2 Å². The van der Waals surface area contributed by atoms with Gasteiger partial charge in [0, 0.05) is 24.5 Å². The molecule has 10 heteroatoms. The van der Waals surface area contributed by atoms with Crippen LogP contribution in [0.15, 0.2) is 17.0 Å². The minimum atomic E-state index is -3.97. The van der Waals surface area contributed by atoms with E-state index in [4.69, 9.17) is 11.6 Å². The van der Waals surface area contributed by atoms with Crippen molar-refractivity contribution in [1.29, 1.82) is 0 Å². The standard InChI is InChI=1S/C18H23ClN2O6S/c1-10-7-16(11(2)6-13(10)19)28(26,27)21-5-3-4-14(21)17(23)20-9-12(22)8-15(20)18(24)25/h6-7,12,14-15,22H,3-5,8-9H2,1-2H3,(H,24,25)/t12-,14+,15-/m0/s1. The largest absolute Gasteiger partial charge is 0.480 e. The predicted molar refractivity (Wildman–Crippen MR) is 102 cm³/mol. The van der Waals surface area contributed by atoms with E-state index in [9.17, 15) is 28.2 Å². The molecule has 1 aromatic rings. The maximum absolute atomic E-state index is 13.3. The number of aryl methyl sites for hydroxylation is 2. The van der Waals surface area contributed by atoms with Gasteiger partial charge in [-0.05, 0) is 49.9 Å². The van der Waals surface area contributed by atoms with Crippen molar-refractivity contribution >= 4 is 33.5 Å². The number of aliphatic hydroxyl groups is 1. The van der Waals surface area contributed by atoms with E-state index < -0.39 is 40.1 Å². The summed E-state index contributed by atoms with van der Waals surface area (Å²) in [6.07, 6.45) is -0.189. The zero-order valence-corrected chi connectivity index (χ0v) is 17.2. The van der Waals surface area contributed by atoms with E-state index >= 15 is 0 Å². The monoisotopic (exact) mass is 430 g/mol. The summed E-state index contributed by atoms with van der Waals surface area (Å²) in [7, 11) is -3.97. The summed E-state index contributed by atoms with van der Waals surface area (Å²) in [5, 5.41) is 19.6. The average molecular weight is 431 g/mol. The molecule has 0 saturated carbocycles. The van der Waals surface area contributed by atoms with Gasteiger partial charge in [-0.2, -0.15) is 4.31 Å². The highest BCUT2D eigenvalue weighted by Gasteiger charge is 2.46. The summed E-state index contributed by atoms with van der Waals surface area (Å²) in [4.78, 5) is 25.6. The number of nitrogens with zero attached hydrogens (tertiary/aromatic N) is 2. The molecule has 0 unspecified atom stereocenters. The molecule has 8 nitrogen and oxygen atoms in total. The van der Waals surface area contributed by atoms with Gasteiger partial charge in [-0.15, -0.1) is 0 Å². The van der Waals surface area contributed by atoms with Crippen molar-refractivity contribution in [2.75, 3.05) is 13.1 Å². The Hall–Kier alpha value is -1.68. The number of aliphatic hydroxyl groups excluding tert-OH is 1. The fourth-order valence-corrected chi connectivity index (χ4v) is 6.08. The number of likely N-dealkylation sites (tertiary alicyclic amines) is 1. The number of aliphatic carboxylic acids is 1. The molecule has 0 spiro atoms. The average Bonchev–Trinajstić information content (AvgIpc) is 3.24. The number of carbonyl (C=O) groups is 2. The number of halogens is 1. The van der Waals surface area contributed by atoms with E-state index in [0.29, 0.717) is 29.0 Å². The molecule has 28 heavy (non-hydrogen) atoms. The second-order valence-corrected chi connectivity index (χ2v) is 9.64. The lowest BCUT2D eigenvalue weighted by Crippen LogP contribution is -2.51. The van der Waals surface area contributed by atoms with Crippen LogP contribution >= 0.6 is 11.6 Å². The SMILES string of the molecule is Cc1cc(S(=O)(=O)N2CCC[C@@H]2C(=O)N2C[C@@H](O)C[C@H]2C(=O)O)c(C)cc1Cl. The molecule has 154 valence electrons. The smallest absolute Gasteiger partial charge is 0.326 e. The number of carboxylic acid groups (broad SMARTS) is 1. The van der Waals surface area contributed by atoms with E-state index in [1.807, 2.05) is 0 Å². The van der Waals surface area contributed by atoms with E-state index in [1.54, 1.807) is 19.9 Å². The highest BCUT2D eigenvalue weighted by Crippen LogP contribution is 2.32. The number of carbonyl (C=O) groups excluding carboxylic acids is 1. The molecular formula is C18H23ClN2O6S. The fraction of sp³-hybridized carbons (Fsp3) is 0.556. The van der Waals surface area contributed by atoms with Crippen LogP contribution in [-0.2, 0) is 19.6 Å². The Morgan fingerprint density at radius 2 is 1.86 bits per heavy atom. The van der Waals surface area contributed by atoms with Crippen LogP contribution < -0.4 is 0 Å². The molecule has 2 saturated heterocycles. The lowest BCUT2D eigenvalue weighted by atomic mass is 10.1. The number of rotatable bonds is 4. The van der Waals surface area contributed by atoms with Crippen LogP contribution in [-0.4, -0.2) is 71.0 Å². The quantitative estimate of drug-likeness (QED) is 0.740. The van der Waals surface area contributed by atoms with Crippen LogP contribution in [0.5, 0.6) is 0 Å². The van der Waals surface area contributed by atoms with Crippen molar-refractivity contribution in [3.8, 4) is 0 Å². The summed E-state index contributed by atoms with van der Waals surface area (Å²) in [5.41, 5.74) is 1.09. The number of hydrogen-bond donors (Lipinski definition) is 2. The Morgan fingerprint density at radius 1 is 1.18 bits per heavy atom. The van der Waals surface area contributed by atoms with Crippen molar-refractivity contribution in [3.63, 3.8) is 0 Å². The lowest BCUT2D eigenvalue weighted by molar-refractivity contribution is -0.149. The normalized spacial score (nSPS) is 26.0. The number of β-amino-alcohol motifs (C(OH)–C–C–N with tert-alkyl or cyclic N) is 1. The van der Waals surface area contributed by atoms with Crippen molar-refractivity contribution in [1.82, 2.24) is 9.21 Å². The number of sulfonamides is 1. The topological polar surface area (TPSA) is 115 Å². The van der Waals surface area contributed by atoms with Gasteiger partial charge in [-0.1, -0.05) is 11.6 Å². The third-order valence-corrected chi connectivity index (χ3v) is 7.84. The van der Waals surface area contributed by atoms with Crippen LogP contribution in [0.1, 0.15) is 30.4 Å². The van der Waals surface area contributed by atoms with Crippen molar-refractivity contribution in [3.05, 3.63) is 28.3 Å². The van der Waals surface area contributed by atoms with Crippen LogP contribution in [0.2, 0.25) is 5.02 Å². The zero-order valence-electron chi connectivity index (χ0n) is 15.6. The fourth-order valence-electron chi connectivity index (χ4n) is 3.92. The summed E-state index contributed by atoms with van der Waals surface area (Å²) in [6, 6.07) is 0.945. The van der Waals surface area contributed by atoms with E-state index in [2.05, 4.69) is 0 Å². The van der Waals surface area contributed by atoms with Gasteiger partial charge >= 0.3 is 5.97 Å². The molecule has 2 aliphatic rings. The molecule has 0 aromatic heterocycles. The first-order valence-electron chi connectivity index (χ1n) is 9.04. The summed E-state index contributed by atoms with van der Waals surface area (Å²) in [5.74, 6) is -1.78. The van der Waals surface area contributed by atoms with Gasteiger partial charge in [-0.3, -0.25) is 4.79 Å². The van der Waals surface area contributed by atoms with E-state index in [0.717, 1.165) is 9.21 Å². The first kappa shape index (κ1) is 21.0. The minimum Gasteiger partial charge on any atom is -0.480 e. The lowest BCUT2D eigenvalue weighted by Gasteiger charge is -2.29. The van der Waals surface area contributed by atoms with E-state index in [-0.39, 0.29) is 24.4 Å². The first-order valence-corrected chi connectivity index (χ1v) is 10.9. The molecule has 0 radical (unpaired) electrons. The van der Waals surface area contributed by atoms with Gasteiger partial charge in [0.2, 0.25) is 15.9 Å². The Bertz CT molecular complexity index is 919. The van der Waals surface area contributed by atoms with Gasteiger partial charge in [0.25, 0.3) is 0 Å². The molecule has 2 aliphatic heterocycles. The number of hydrogen-bond acceptors (Lipinski definition) is 5. The van der Waals surface area contributed by atoms with E-state index in [1.165, 1.54) is 6.07 Å². The maximum atomic E-state index is 13.3. The summed E-state index contributed by atoms with van der Waals surface area (Å²) < 4.78 is 27.7. The molecule has 2 fully saturated rings. The molecule has 2 N–H and O–H groups in total. The van der Waals surface area contributed by atoms with Crippen molar-refractivity contribution < 1.29 is 28.2 Å².